The quantitative estimate of drug-likeness (QED) is 0.517. The standard InChI is InChI=1S/C25H38N4O4/c1-4-5-13-21(24(31)27-19-11-7-6-8-12-19)33-20-14-9-10-18-15-29(25(26)28-23(18)20)16-22(30)32-17(2)3/h9-10,14,17,19,21H,4-8,11-13,15-16H2,1-3H3,(H2,26,28)(H,27,31). The van der Waals surface area contributed by atoms with E-state index >= 15 is 0 Å². The van der Waals surface area contributed by atoms with Crippen LogP contribution in [0.3, 0.4) is 0 Å². The number of esters is 1. The molecule has 1 aromatic rings. The molecule has 8 nitrogen and oxygen atoms in total. The van der Waals surface area contributed by atoms with Crippen molar-refractivity contribution < 1.29 is 19.1 Å². The molecule has 3 rings (SSSR count). The Kier molecular flexibility index (Phi) is 8.97. The number of para-hydroxylation sites is 1. The number of nitrogens with one attached hydrogen (secondary N) is 1. The molecule has 33 heavy (non-hydrogen) atoms. The van der Waals surface area contributed by atoms with E-state index in [4.69, 9.17) is 15.2 Å². The van der Waals surface area contributed by atoms with E-state index in [9.17, 15) is 9.59 Å². The molecule has 1 atom stereocenters. The molecule has 0 spiro atoms. The van der Waals surface area contributed by atoms with Crippen LogP contribution in [0, 0.1) is 0 Å². The topological polar surface area (TPSA) is 106 Å². The third-order valence-corrected chi connectivity index (χ3v) is 6.01. The van der Waals surface area contributed by atoms with Crippen LogP contribution in [0.2, 0.25) is 0 Å². The smallest absolute Gasteiger partial charge is 0.325 e. The lowest BCUT2D eigenvalue weighted by Crippen LogP contribution is -2.44. The van der Waals surface area contributed by atoms with Crippen LogP contribution in [0.25, 0.3) is 0 Å². The Morgan fingerprint density at radius 2 is 2.00 bits per heavy atom. The van der Waals surface area contributed by atoms with Gasteiger partial charge in [0.15, 0.2) is 12.1 Å². The summed E-state index contributed by atoms with van der Waals surface area (Å²) < 4.78 is 11.5. The maximum atomic E-state index is 13.1. The SMILES string of the molecule is CCCCC(Oc1cccc2c1N=C(N)N(CC(=O)OC(C)C)C2)C(=O)NC1CCCCC1. The van der Waals surface area contributed by atoms with Gasteiger partial charge in [0.2, 0.25) is 0 Å². The summed E-state index contributed by atoms with van der Waals surface area (Å²) in [5, 5.41) is 3.20. The van der Waals surface area contributed by atoms with E-state index in [2.05, 4.69) is 17.2 Å². The minimum absolute atomic E-state index is 0.0287. The second kappa shape index (κ2) is 11.9. The minimum atomic E-state index is -0.575. The van der Waals surface area contributed by atoms with Gasteiger partial charge in [0, 0.05) is 18.2 Å². The zero-order chi connectivity index (χ0) is 23.8. The molecule has 0 radical (unpaired) electrons. The summed E-state index contributed by atoms with van der Waals surface area (Å²) in [4.78, 5) is 31.4. The number of aliphatic imine (C=N–C) groups is 1. The van der Waals surface area contributed by atoms with Crippen LogP contribution in [0.1, 0.15) is 77.7 Å². The summed E-state index contributed by atoms with van der Waals surface area (Å²) in [5.41, 5.74) is 7.68. The van der Waals surface area contributed by atoms with Gasteiger partial charge in [-0.05, 0) is 45.6 Å². The van der Waals surface area contributed by atoms with Crippen molar-refractivity contribution in [3.63, 3.8) is 0 Å². The summed E-state index contributed by atoms with van der Waals surface area (Å²) in [6, 6.07) is 5.87. The van der Waals surface area contributed by atoms with Crippen molar-refractivity contribution in [1.29, 1.82) is 0 Å². The molecular weight excluding hydrogens is 420 g/mol. The van der Waals surface area contributed by atoms with Gasteiger partial charge in [0.25, 0.3) is 5.91 Å². The molecule has 1 unspecified atom stereocenters. The maximum Gasteiger partial charge on any atom is 0.325 e. The number of fused-ring (bicyclic) bond motifs is 1. The van der Waals surface area contributed by atoms with Crippen molar-refractivity contribution in [3.05, 3.63) is 23.8 Å². The number of nitrogens with zero attached hydrogens (tertiary/aromatic N) is 2. The van der Waals surface area contributed by atoms with Crippen LogP contribution >= 0.6 is 0 Å². The van der Waals surface area contributed by atoms with Crippen molar-refractivity contribution in [2.45, 2.75) is 96.9 Å². The summed E-state index contributed by atoms with van der Waals surface area (Å²) in [6.45, 7) is 6.17. The molecule has 1 saturated carbocycles. The highest BCUT2D eigenvalue weighted by atomic mass is 16.5. The molecule has 2 aliphatic rings. The van der Waals surface area contributed by atoms with E-state index in [0.29, 0.717) is 24.4 Å². The van der Waals surface area contributed by atoms with Gasteiger partial charge in [0.05, 0.1) is 6.10 Å². The number of rotatable bonds is 10. The molecule has 0 saturated heterocycles. The summed E-state index contributed by atoms with van der Waals surface area (Å²) in [6.07, 6.45) is 7.38. The average Bonchev–Trinajstić information content (AvgIpc) is 2.77. The van der Waals surface area contributed by atoms with Gasteiger partial charge in [-0.25, -0.2) is 4.99 Å². The Bertz CT molecular complexity index is 849. The highest BCUT2D eigenvalue weighted by Crippen LogP contribution is 2.36. The minimum Gasteiger partial charge on any atom is -0.478 e. The molecule has 1 aliphatic heterocycles. The van der Waals surface area contributed by atoms with E-state index in [1.54, 1.807) is 4.90 Å². The summed E-state index contributed by atoms with van der Waals surface area (Å²) >= 11 is 0. The largest absolute Gasteiger partial charge is 0.478 e. The Hall–Kier alpha value is -2.77. The Morgan fingerprint density at radius 1 is 1.24 bits per heavy atom. The van der Waals surface area contributed by atoms with Gasteiger partial charge in [-0.2, -0.15) is 0 Å². The number of carbonyl (C=O) groups is 2. The van der Waals surface area contributed by atoms with Crippen LogP contribution in [0.4, 0.5) is 5.69 Å². The van der Waals surface area contributed by atoms with Crippen LogP contribution in [0.5, 0.6) is 5.75 Å². The Balaban J connectivity index is 1.73. The number of benzene rings is 1. The van der Waals surface area contributed by atoms with E-state index in [-0.39, 0.29) is 36.5 Å². The summed E-state index contributed by atoms with van der Waals surface area (Å²) in [7, 11) is 0. The molecule has 1 heterocycles. The van der Waals surface area contributed by atoms with Gasteiger partial charge in [-0.15, -0.1) is 0 Å². The van der Waals surface area contributed by atoms with Crippen molar-refractivity contribution >= 4 is 23.5 Å². The molecule has 1 amide bonds. The van der Waals surface area contributed by atoms with Gasteiger partial charge in [-0.1, -0.05) is 44.7 Å². The highest BCUT2D eigenvalue weighted by Gasteiger charge is 2.27. The van der Waals surface area contributed by atoms with Crippen LogP contribution in [-0.2, 0) is 20.9 Å². The molecule has 1 fully saturated rings. The number of guanidine groups is 1. The number of hydrogen-bond acceptors (Lipinski definition) is 7. The van der Waals surface area contributed by atoms with Crippen molar-refractivity contribution in [2.75, 3.05) is 6.54 Å². The zero-order valence-electron chi connectivity index (χ0n) is 20.1. The van der Waals surface area contributed by atoms with E-state index in [1.165, 1.54) is 6.42 Å². The maximum absolute atomic E-state index is 13.1. The fourth-order valence-electron chi connectivity index (χ4n) is 4.31. The van der Waals surface area contributed by atoms with Gasteiger partial charge >= 0.3 is 5.97 Å². The zero-order valence-corrected chi connectivity index (χ0v) is 20.1. The van der Waals surface area contributed by atoms with E-state index < -0.39 is 6.10 Å². The third-order valence-electron chi connectivity index (χ3n) is 6.01. The normalized spacial score (nSPS) is 17.2. The van der Waals surface area contributed by atoms with Crippen molar-refractivity contribution in [2.24, 2.45) is 10.7 Å². The first kappa shape index (κ1) is 24.9. The van der Waals surface area contributed by atoms with E-state index in [0.717, 1.165) is 44.1 Å². The molecule has 0 aromatic heterocycles. The number of ether oxygens (including phenoxy) is 2. The molecular formula is C25H38N4O4. The lowest BCUT2D eigenvalue weighted by Gasteiger charge is -2.29. The molecule has 182 valence electrons. The first-order valence-electron chi connectivity index (χ1n) is 12.2. The van der Waals surface area contributed by atoms with Gasteiger partial charge in [0.1, 0.15) is 18.0 Å². The fraction of sp³-hybridized carbons (Fsp3) is 0.640. The number of nitrogens with two attached hydrogens (primary N) is 1. The van der Waals surface area contributed by atoms with Crippen LogP contribution in [0.15, 0.2) is 23.2 Å². The molecule has 3 N–H and O–H groups in total. The predicted octanol–water partition coefficient (Wildman–Crippen LogP) is 3.79. The van der Waals surface area contributed by atoms with Crippen molar-refractivity contribution in [1.82, 2.24) is 10.2 Å². The molecule has 1 aromatic carbocycles. The average molecular weight is 459 g/mol. The lowest BCUT2D eigenvalue weighted by molar-refractivity contribution is -0.147. The first-order chi connectivity index (χ1) is 15.9. The Morgan fingerprint density at radius 3 is 2.70 bits per heavy atom. The summed E-state index contributed by atoms with van der Waals surface area (Å²) in [5.74, 6) is 0.368. The molecule has 0 bridgehead atoms. The molecule has 8 heteroatoms. The van der Waals surface area contributed by atoms with Crippen molar-refractivity contribution in [3.8, 4) is 5.75 Å². The predicted molar refractivity (Wildman–Crippen MR) is 128 cm³/mol. The monoisotopic (exact) mass is 458 g/mol. The highest BCUT2D eigenvalue weighted by molar-refractivity contribution is 5.88. The van der Waals surface area contributed by atoms with Crippen LogP contribution < -0.4 is 15.8 Å². The third kappa shape index (κ3) is 7.11. The Labute approximate surface area is 196 Å². The van der Waals surface area contributed by atoms with Crippen LogP contribution in [-0.4, -0.2) is 47.5 Å². The number of unbranched alkanes of at least 4 members (excludes halogenated alkanes) is 1. The number of hydrogen-bond donors (Lipinski definition) is 2. The van der Waals surface area contributed by atoms with Gasteiger partial charge in [-0.3, -0.25) is 9.59 Å². The number of carbonyl (C=O) groups excluding carboxylic acids is 2. The lowest BCUT2D eigenvalue weighted by atomic mass is 9.95. The molecule has 1 aliphatic carbocycles. The second-order valence-corrected chi connectivity index (χ2v) is 9.22. The van der Waals surface area contributed by atoms with E-state index in [1.807, 2.05) is 32.0 Å². The first-order valence-corrected chi connectivity index (χ1v) is 12.2. The second-order valence-electron chi connectivity index (χ2n) is 9.22. The van der Waals surface area contributed by atoms with Gasteiger partial charge < -0.3 is 25.4 Å². The fourth-order valence-corrected chi connectivity index (χ4v) is 4.31. The number of amides is 1.